The topological polar surface area (TPSA) is 55.1 Å². The van der Waals surface area contributed by atoms with Gasteiger partial charge in [0.05, 0.1) is 6.04 Å². The van der Waals surface area contributed by atoms with Crippen LogP contribution in [0.15, 0.2) is 30.3 Å². The van der Waals surface area contributed by atoms with Crippen molar-refractivity contribution in [2.45, 2.75) is 49.3 Å². The third kappa shape index (κ3) is 2.79. The van der Waals surface area contributed by atoms with Gasteiger partial charge < -0.3 is 11.1 Å². The quantitative estimate of drug-likeness (QED) is 0.893. The van der Waals surface area contributed by atoms with E-state index in [1.54, 1.807) is 0 Å². The van der Waals surface area contributed by atoms with Gasteiger partial charge in [0.15, 0.2) is 0 Å². The zero-order valence-corrected chi connectivity index (χ0v) is 12.8. The average molecular weight is 278 g/mol. The van der Waals surface area contributed by atoms with E-state index in [9.17, 15) is 4.79 Å². The molecular weight excluding hydrogens is 256 g/mol. The first-order valence-electron chi connectivity index (χ1n) is 6.55. The monoisotopic (exact) mass is 278 g/mol. The number of nitrogens with one attached hydrogen (secondary N) is 1. The van der Waals surface area contributed by atoms with E-state index in [-0.39, 0.29) is 21.4 Å². The van der Waals surface area contributed by atoms with E-state index in [2.05, 4.69) is 33.0 Å². The Morgan fingerprint density at radius 1 is 1.21 bits per heavy atom. The third-order valence-corrected chi connectivity index (χ3v) is 5.17. The van der Waals surface area contributed by atoms with Gasteiger partial charge in [0.2, 0.25) is 5.91 Å². The number of amides is 1. The summed E-state index contributed by atoms with van der Waals surface area (Å²) in [5.41, 5.74) is 6.87. The summed E-state index contributed by atoms with van der Waals surface area (Å²) in [6.45, 7) is 8.62. The van der Waals surface area contributed by atoms with E-state index in [4.69, 9.17) is 5.73 Å². The Hall–Kier alpha value is -1.00. The molecule has 0 unspecified atom stereocenters. The highest BCUT2D eigenvalue weighted by molar-refractivity contribution is 8.03. The molecule has 1 fully saturated rings. The normalized spacial score (nSPS) is 22.4. The Bertz CT molecular complexity index is 456. The Balaban J connectivity index is 2.06. The SMILES string of the molecule is CC1(C)SC(C)(C)C1NC(=O)[C@H](N)c1ccccc1. The molecule has 0 aromatic heterocycles. The lowest BCUT2D eigenvalue weighted by atomic mass is 9.88. The molecule has 0 spiro atoms. The van der Waals surface area contributed by atoms with Gasteiger partial charge in [0.1, 0.15) is 6.04 Å². The molecule has 1 atom stereocenters. The Morgan fingerprint density at radius 3 is 2.21 bits per heavy atom. The van der Waals surface area contributed by atoms with Gasteiger partial charge in [-0.05, 0) is 33.3 Å². The van der Waals surface area contributed by atoms with Crippen LogP contribution in [0.3, 0.4) is 0 Å². The average Bonchev–Trinajstić information content (AvgIpc) is 2.34. The van der Waals surface area contributed by atoms with Gasteiger partial charge in [0.25, 0.3) is 0 Å². The summed E-state index contributed by atoms with van der Waals surface area (Å²) in [4.78, 5) is 12.3. The van der Waals surface area contributed by atoms with Gasteiger partial charge in [-0.3, -0.25) is 4.79 Å². The Morgan fingerprint density at radius 2 is 1.74 bits per heavy atom. The van der Waals surface area contributed by atoms with Gasteiger partial charge in [-0.1, -0.05) is 30.3 Å². The summed E-state index contributed by atoms with van der Waals surface area (Å²) in [6.07, 6.45) is 0. The zero-order chi connectivity index (χ0) is 14.3. The molecule has 1 aromatic carbocycles. The number of nitrogens with two attached hydrogens (primary N) is 1. The Kier molecular flexibility index (Phi) is 3.67. The molecule has 0 bridgehead atoms. The van der Waals surface area contributed by atoms with Crippen molar-refractivity contribution in [2.24, 2.45) is 5.73 Å². The molecule has 4 heteroatoms. The number of hydrogen-bond donors (Lipinski definition) is 2. The van der Waals surface area contributed by atoms with E-state index in [0.29, 0.717) is 0 Å². The first-order chi connectivity index (χ1) is 8.74. The largest absolute Gasteiger partial charge is 0.349 e. The summed E-state index contributed by atoms with van der Waals surface area (Å²) >= 11 is 1.89. The van der Waals surface area contributed by atoms with Crippen LogP contribution in [-0.2, 0) is 4.79 Å². The van der Waals surface area contributed by atoms with Gasteiger partial charge in [0, 0.05) is 9.49 Å². The zero-order valence-electron chi connectivity index (χ0n) is 11.9. The summed E-state index contributed by atoms with van der Waals surface area (Å²) in [5, 5.41) is 3.11. The van der Waals surface area contributed by atoms with Gasteiger partial charge in [-0.25, -0.2) is 0 Å². The molecule has 1 aliphatic rings. The van der Waals surface area contributed by atoms with E-state index >= 15 is 0 Å². The van der Waals surface area contributed by atoms with Crippen LogP contribution in [0.25, 0.3) is 0 Å². The smallest absolute Gasteiger partial charge is 0.241 e. The third-order valence-electron chi connectivity index (χ3n) is 3.64. The number of rotatable bonds is 3. The molecule has 1 aliphatic heterocycles. The van der Waals surface area contributed by atoms with Crippen molar-refractivity contribution >= 4 is 17.7 Å². The van der Waals surface area contributed by atoms with Crippen molar-refractivity contribution in [2.75, 3.05) is 0 Å². The van der Waals surface area contributed by atoms with Gasteiger partial charge in [-0.2, -0.15) is 0 Å². The number of hydrogen-bond acceptors (Lipinski definition) is 3. The lowest BCUT2D eigenvalue weighted by molar-refractivity contribution is -0.123. The fourth-order valence-corrected chi connectivity index (χ4v) is 5.08. The van der Waals surface area contributed by atoms with Gasteiger partial charge >= 0.3 is 0 Å². The summed E-state index contributed by atoms with van der Waals surface area (Å²) in [6, 6.07) is 9.03. The second-order valence-electron chi connectivity index (χ2n) is 6.14. The predicted octanol–water partition coefficient (Wildman–Crippen LogP) is 2.48. The van der Waals surface area contributed by atoms with Crippen molar-refractivity contribution in [3.63, 3.8) is 0 Å². The van der Waals surface area contributed by atoms with Crippen LogP contribution in [-0.4, -0.2) is 21.4 Å². The molecule has 19 heavy (non-hydrogen) atoms. The summed E-state index contributed by atoms with van der Waals surface area (Å²) in [7, 11) is 0. The van der Waals surface area contributed by atoms with Crippen LogP contribution in [0.1, 0.15) is 39.3 Å². The standard InChI is InChI=1S/C15H22N2OS/c1-14(2)13(15(3,4)19-14)17-12(18)11(16)10-8-6-5-7-9-10/h5-9,11,13H,16H2,1-4H3,(H,17,18)/t11-/m1/s1. The van der Waals surface area contributed by atoms with E-state index < -0.39 is 6.04 Å². The highest BCUT2D eigenvalue weighted by Crippen LogP contribution is 2.54. The van der Waals surface area contributed by atoms with Crippen molar-refractivity contribution < 1.29 is 4.79 Å². The molecule has 1 saturated heterocycles. The van der Waals surface area contributed by atoms with Crippen molar-refractivity contribution in [1.29, 1.82) is 0 Å². The maximum absolute atomic E-state index is 12.3. The van der Waals surface area contributed by atoms with E-state index in [1.165, 1.54) is 0 Å². The van der Waals surface area contributed by atoms with Crippen LogP contribution in [0.5, 0.6) is 0 Å². The van der Waals surface area contributed by atoms with Crippen LogP contribution < -0.4 is 11.1 Å². The van der Waals surface area contributed by atoms with Crippen LogP contribution in [0, 0.1) is 0 Å². The molecule has 1 amide bonds. The molecule has 0 aliphatic carbocycles. The minimum absolute atomic E-state index is 0.0650. The molecule has 104 valence electrons. The number of benzene rings is 1. The molecular formula is C15H22N2OS. The van der Waals surface area contributed by atoms with Gasteiger partial charge in [-0.15, -0.1) is 11.8 Å². The molecule has 0 saturated carbocycles. The lowest BCUT2D eigenvalue weighted by Crippen LogP contribution is -2.67. The summed E-state index contributed by atoms with van der Waals surface area (Å²) in [5.74, 6) is -0.0994. The maximum atomic E-state index is 12.3. The van der Waals surface area contributed by atoms with Crippen LogP contribution in [0.4, 0.5) is 0 Å². The summed E-state index contributed by atoms with van der Waals surface area (Å²) < 4.78 is 0.130. The van der Waals surface area contributed by atoms with Crippen molar-refractivity contribution in [3.8, 4) is 0 Å². The number of carbonyl (C=O) groups excluding carboxylic acids is 1. The molecule has 0 radical (unpaired) electrons. The minimum Gasteiger partial charge on any atom is -0.349 e. The number of carbonyl (C=O) groups is 1. The maximum Gasteiger partial charge on any atom is 0.241 e. The van der Waals surface area contributed by atoms with Crippen molar-refractivity contribution in [1.82, 2.24) is 5.32 Å². The lowest BCUT2D eigenvalue weighted by Gasteiger charge is -2.57. The van der Waals surface area contributed by atoms with E-state index in [0.717, 1.165) is 5.56 Å². The second-order valence-corrected chi connectivity index (χ2v) is 8.45. The predicted molar refractivity (Wildman–Crippen MR) is 81.1 cm³/mol. The highest BCUT2D eigenvalue weighted by atomic mass is 32.2. The fraction of sp³-hybridized carbons (Fsp3) is 0.533. The second kappa shape index (κ2) is 4.84. The fourth-order valence-electron chi connectivity index (χ4n) is 2.97. The van der Waals surface area contributed by atoms with E-state index in [1.807, 2.05) is 42.1 Å². The molecule has 1 aromatic rings. The first-order valence-corrected chi connectivity index (χ1v) is 7.37. The molecule has 3 nitrogen and oxygen atoms in total. The Labute approximate surface area is 119 Å². The first kappa shape index (κ1) is 14.4. The molecule has 3 N–H and O–H groups in total. The van der Waals surface area contributed by atoms with Crippen LogP contribution >= 0.6 is 11.8 Å². The minimum atomic E-state index is -0.599. The van der Waals surface area contributed by atoms with Crippen molar-refractivity contribution in [3.05, 3.63) is 35.9 Å². The molecule has 1 heterocycles. The number of thioether (sulfide) groups is 1. The highest BCUT2D eigenvalue weighted by Gasteiger charge is 2.54. The molecule has 2 rings (SSSR count). The van der Waals surface area contributed by atoms with Crippen LogP contribution in [0.2, 0.25) is 0 Å².